The van der Waals surface area contributed by atoms with Gasteiger partial charge in [0.1, 0.15) is 6.67 Å². The monoisotopic (exact) mass is 233 g/mol. The van der Waals surface area contributed by atoms with Gasteiger partial charge in [-0.15, -0.1) is 0 Å². The number of halogens is 9. The first-order chi connectivity index (χ1) is 6.00. The second-order valence-corrected chi connectivity index (χ2v) is 2.29. The van der Waals surface area contributed by atoms with E-state index < -0.39 is 30.9 Å². The predicted octanol–water partition coefficient (Wildman–Crippen LogP) is 3.50. The van der Waals surface area contributed by atoms with Crippen molar-refractivity contribution in [2.75, 3.05) is 6.67 Å². The Morgan fingerprint density at radius 3 is 1.07 bits per heavy atom. The van der Waals surface area contributed by atoms with Gasteiger partial charge in [-0.2, -0.15) is 35.1 Å². The van der Waals surface area contributed by atoms with E-state index in [1.807, 2.05) is 0 Å². The van der Waals surface area contributed by atoms with Crippen molar-refractivity contribution in [2.24, 2.45) is 5.41 Å². The standard InChI is InChI=1S/C5H2F9/c6-1-3(2(7)8,4(9,10)11)5(12,13)14/h1H2. The smallest absolute Gasteiger partial charge is 0.249 e. The molecule has 0 N–H and O–H groups in total. The second kappa shape index (κ2) is 3.50. The molecular formula is C5H2F9. The van der Waals surface area contributed by atoms with Gasteiger partial charge in [0.2, 0.25) is 0 Å². The highest BCUT2D eigenvalue weighted by Gasteiger charge is 2.77. The molecular weight excluding hydrogens is 231 g/mol. The molecule has 85 valence electrons. The van der Waals surface area contributed by atoms with Crippen LogP contribution in [0.15, 0.2) is 0 Å². The van der Waals surface area contributed by atoms with Crippen molar-refractivity contribution in [2.45, 2.75) is 12.4 Å². The Bertz CT molecular complexity index is 172. The molecule has 0 nitrogen and oxygen atoms in total. The summed E-state index contributed by atoms with van der Waals surface area (Å²) in [5.74, 6) is 0. The zero-order valence-corrected chi connectivity index (χ0v) is 6.11. The normalized spacial score (nSPS) is 15.0. The fourth-order valence-corrected chi connectivity index (χ4v) is 0.577. The molecule has 0 aliphatic rings. The van der Waals surface area contributed by atoms with Crippen molar-refractivity contribution in [3.63, 3.8) is 0 Å². The van der Waals surface area contributed by atoms with E-state index >= 15 is 0 Å². The van der Waals surface area contributed by atoms with Crippen LogP contribution in [-0.2, 0) is 0 Å². The van der Waals surface area contributed by atoms with Crippen molar-refractivity contribution < 1.29 is 39.5 Å². The van der Waals surface area contributed by atoms with Gasteiger partial charge in [-0.3, -0.25) is 0 Å². The van der Waals surface area contributed by atoms with Gasteiger partial charge in [-0.05, 0) is 0 Å². The molecule has 0 bridgehead atoms. The number of hydrogen-bond acceptors (Lipinski definition) is 0. The summed E-state index contributed by atoms with van der Waals surface area (Å²) in [6.07, 6.45) is -16.9. The van der Waals surface area contributed by atoms with Crippen LogP contribution in [0.2, 0.25) is 0 Å². The van der Waals surface area contributed by atoms with Crippen LogP contribution >= 0.6 is 0 Å². The molecule has 0 saturated heterocycles. The van der Waals surface area contributed by atoms with Crippen LogP contribution in [0.25, 0.3) is 0 Å². The third kappa shape index (κ3) is 1.76. The maximum absolute atomic E-state index is 11.7. The van der Waals surface area contributed by atoms with Crippen LogP contribution in [0.4, 0.5) is 39.5 Å². The second-order valence-electron chi connectivity index (χ2n) is 2.29. The highest BCUT2D eigenvalue weighted by Crippen LogP contribution is 2.57. The van der Waals surface area contributed by atoms with Crippen molar-refractivity contribution in [3.8, 4) is 0 Å². The molecule has 0 fully saturated rings. The molecule has 0 amide bonds. The number of alkyl halides is 7. The fraction of sp³-hybridized carbons (Fsp3) is 0.800. The largest absolute Gasteiger partial charge is 0.411 e. The summed E-state index contributed by atoms with van der Waals surface area (Å²) in [5, 5.41) is 0. The third-order valence-corrected chi connectivity index (χ3v) is 1.49. The lowest BCUT2D eigenvalue weighted by Crippen LogP contribution is -2.53. The average Bonchev–Trinajstić information content (AvgIpc) is 1.80. The summed E-state index contributed by atoms with van der Waals surface area (Å²) < 4.78 is 105. The first kappa shape index (κ1) is 13.4. The average molecular weight is 233 g/mol. The molecule has 0 rings (SSSR count). The van der Waals surface area contributed by atoms with E-state index in [1.165, 1.54) is 0 Å². The molecule has 0 unspecified atom stereocenters. The minimum atomic E-state index is -6.42. The fourth-order valence-electron chi connectivity index (χ4n) is 0.577. The lowest BCUT2D eigenvalue weighted by atomic mass is 9.88. The summed E-state index contributed by atoms with van der Waals surface area (Å²) in [7, 11) is 0. The third-order valence-electron chi connectivity index (χ3n) is 1.49. The zero-order chi connectivity index (χ0) is 11.8. The van der Waals surface area contributed by atoms with Crippen LogP contribution in [0.3, 0.4) is 0 Å². The van der Waals surface area contributed by atoms with Crippen molar-refractivity contribution in [3.05, 3.63) is 6.43 Å². The summed E-state index contributed by atoms with van der Waals surface area (Å²) >= 11 is 0. The molecule has 0 heterocycles. The van der Waals surface area contributed by atoms with E-state index in [0.717, 1.165) is 0 Å². The Balaban J connectivity index is 5.45. The number of hydrogen-bond donors (Lipinski definition) is 0. The SMILES string of the molecule is FCC([C](F)F)(C(F)(F)F)C(F)(F)F. The van der Waals surface area contributed by atoms with Crippen LogP contribution in [-0.4, -0.2) is 19.0 Å². The van der Waals surface area contributed by atoms with E-state index in [-0.39, 0.29) is 0 Å². The summed E-state index contributed by atoms with van der Waals surface area (Å²) in [6.45, 7) is -3.28. The predicted molar refractivity (Wildman–Crippen MR) is 26.0 cm³/mol. The highest BCUT2D eigenvalue weighted by atomic mass is 19.4. The van der Waals surface area contributed by atoms with Crippen LogP contribution in [0.5, 0.6) is 0 Å². The maximum Gasteiger partial charge on any atom is 0.411 e. The van der Waals surface area contributed by atoms with E-state index in [4.69, 9.17) is 0 Å². The van der Waals surface area contributed by atoms with Gasteiger partial charge >= 0.3 is 18.8 Å². The van der Waals surface area contributed by atoms with Gasteiger partial charge < -0.3 is 0 Å². The Labute approximate surface area is 71.7 Å². The first-order valence-electron chi connectivity index (χ1n) is 2.88. The highest BCUT2D eigenvalue weighted by molar-refractivity contribution is 5.03. The quantitative estimate of drug-likeness (QED) is 0.640. The van der Waals surface area contributed by atoms with E-state index in [9.17, 15) is 39.5 Å². The Hall–Kier alpha value is -0.630. The molecule has 0 aliphatic heterocycles. The van der Waals surface area contributed by atoms with Gasteiger partial charge in [-0.1, -0.05) is 0 Å². The van der Waals surface area contributed by atoms with E-state index in [0.29, 0.717) is 0 Å². The Morgan fingerprint density at radius 1 is 0.786 bits per heavy atom. The zero-order valence-electron chi connectivity index (χ0n) is 6.11. The van der Waals surface area contributed by atoms with Crippen molar-refractivity contribution in [1.82, 2.24) is 0 Å². The van der Waals surface area contributed by atoms with Gasteiger partial charge in [-0.25, -0.2) is 4.39 Å². The molecule has 0 aromatic carbocycles. The lowest BCUT2D eigenvalue weighted by molar-refractivity contribution is -0.353. The first-order valence-corrected chi connectivity index (χ1v) is 2.88. The summed E-state index contributed by atoms with van der Waals surface area (Å²) in [4.78, 5) is 0. The Morgan fingerprint density at radius 2 is 1.07 bits per heavy atom. The minimum Gasteiger partial charge on any atom is -0.249 e. The van der Waals surface area contributed by atoms with Gasteiger partial charge in [0.15, 0.2) is 0 Å². The van der Waals surface area contributed by atoms with Gasteiger partial charge in [0, 0.05) is 0 Å². The molecule has 0 aliphatic carbocycles. The van der Waals surface area contributed by atoms with Crippen molar-refractivity contribution in [1.29, 1.82) is 0 Å². The molecule has 0 aromatic rings. The van der Waals surface area contributed by atoms with Crippen molar-refractivity contribution >= 4 is 0 Å². The maximum atomic E-state index is 11.7. The molecule has 0 saturated carbocycles. The van der Waals surface area contributed by atoms with Gasteiger partial charge in [0.05, 0.1) is 0 Å². The summed E-state index contributed by atoms with van der Waals surface area (Å²) in [6, 6.07) is 0. The topological polar surface area (TPSA) is 0 Å². The molecule has 1 radical (unpaired) electrons. The van der Waals surface area contributed by atoms with Crippen LogP contribution < -0.4 is 0 Å². The van der Waals surface area contributed by atoms with Crippen LogP contribution in [0, 0.1) is 11.8 Å². The van der Waals surface area contributed by atoms with Crippen LogP contribution in [0.1, 0.15) is 0 Å². The van der Waals surface area contributed by atoms with E-state index in [2.05, 4.69) is 0 Å². The molecule has 0 atom stereocenters. The molecule has 9 heteroatoms. The molecule has 14 heavy (non-hydrogen) atoms. The molecule has 0 aromatic heterocycles. The molecule has 0 spiro atoms. The van der Waals surface area contributed by atoms with E-state index in [1.54, 1.807) is 0 Å². The summed E-state index contributed by atoms with van der Waals surface area (Å²) in [5.41, 5.74) is -5.67. The Kier molecular flexibility index (Phi) is 3.34. The minimum absolute atomic E-state index is 3.28. The lowest BCUT2D eigenvalue weighted by Gasteiger charge is -2.32. The van der Waals surface area contributed by atoms with Gasteiger partial charge in [0.25, 0.3) is 5.41 Å². The number of rotatable bonds is 2.